The number of ether oxygens (including phenoxy) is 1. The first-order chi connectivity index (χ1) is 9.11. The first kappa shape index (κ1) is 13.6. The first-order valence-corrected chi connectivity index (χ1v) is 6.30. The highest BCUT2D eigenvalue weighted by molar-refractivity contribution is 5.87. The van der Waals surface area contributed by atoms with Gasteiger partial charge in [0.25, 0.3) is 0 Å². The molecule has 1 saturated carbocycles. The van der Waals surface area contributed by atoms with Gasteiger partial charge >= 0.3 is 5.97 Å². The monoisotopic (exact) mass is 266 g/mol. The van der Waals surface area contributed by atoms with Gasteiger partial charge in [-0.3, -0.25) is 4.79 Å². The van der Waals surface area contributed by atoms with Gasteiger partial charge in [0.2, 0.25) is 11.7 Å². The molecule has 0 aromatic carbocycles. The summed E-state index contributed by atoms with van der Waals surface area (Å²) in [5.74, 6) is -0.368. The predicted octanol–water partition coefficient (Wildman–Crippen LogP) is 0.823. The van der Waals surface area contributed by atoms with E-state index in [1.165, 1.54) is 13.4 Å². The highest BCUT2D eigenvalue weighted by Gasteiger charge is 2.25. The number of furan rings is 1. The molecule has 1 unspecified atom stereocenters. The molecule has 1 fully saturated rings. The lowest BCUT2D eigenvalue weighted by Crippen LogP contribution is -2.42. The van der Waals surface area contributed by atoms with E-state index in [2.05, 4.69) is 15.4 Å². The number of amides is 1. The van der Waals surface area contributed by atoms with E-state index in [0.717, 1.165) is 12.8 Å². The second-order valence-electron chi connectivity index (χ2n) is 4.65. The Balaban J connectivity index is 1.85. The van der Waals surface area contributed by atoms with Crippen LogP contribution in [0.25, 0.3) is 0 Å². The molecule has 1 aromatic rings. The molecule has 6 heteroatoms. The second-order valence-corrected chi connectivity index (χ2v) is 4.65. The Morgan fingerprint density at radius 2 is 2.26 bits per heavy atom. The third kappa shape index (κ3) is 3.57. The fourth-order valence-corrected chi connectivity index (χ4v) is 1.66. The fraction of sp³-hybridized carbons (Fsp3) is 0.538. The van der Waals surface area contributed by atoms with Crippen LogP contribution in [0.2, 0.25) is 0 Å². The summed E-state index contributed by atoms with van der Waals surface area (Å²) in [7, 11) is 1.30. The number of nitrogens with one attached hydrogen (secondary N) is 2. The minimum absolute atomic E-state index is 0.0226. The molecule has 1 atom stereocenters. The molecule has 0 radical (unpaired) electrons. The van der Waals surface area contributed by atoms with Crippen molar-refractivity contribution in [1.29, 1.82) is 0 Å². The van der Waals surface area contributed by atoms with Gasteiger partial charge in [-0.1, -0.05) is 0 Å². The Morgan fingerprint density at radius 1 is 1.53 bits per heavy atom. The van der Waals surface area contributed by atoms with Crippen LogP contribution in [0, 0.1) is 0 Å². The third-order valence-corrected chi connectivity index (χ3v) is 3.03. The summed E-state index contributed by atoms with van der Waals surface area (Å²) in [6.07, 6.45) is 3.55. The average Bonchev–Trinajstić information content (AvgIpc) is 3.09. The lowest BCUT2D eigenvalue weighted by atomic mass is 10.2. The van der Waals surface area contributed by atoms with Crippen molar-refractivity contribution in [3.8, 4) is 0 Å². The molecule has 2 N–H and O–H groups in total. The summed E-state index contributed by atoms with van der Waals surface area (Å²) < 4.78 is 9.68. The van der Waals surface area contributed by atoms with Gasteiger partial charge in [-0.15, -0.1) is 0 Å². The van der Waals surface area contributed by atoms with Crippen LogP contribution in [-0.2, 0) is 16.1 Å². The summed E-state index contributed by atoms with van der Waals surface area (Å²) >= 11 is 0. The molecular formula is C13H18N2O4. The molecule has 0 spiro atoms. The van der Waals surface area contributed by atoms with Crippen LogP contribution < -0.4 is 10.6 Å². The molecule has 1 heterocycles. The topological polar surface area (TPSA) is 80.6 Å². The number of carbonyl (C=O) groups is 2. The lowest BCUT2D eigenvalue weighted by molar-refractivity contribution is -0.122. The van der Waals surface area contributed by atoms with Gasteiger partial charge in [0.05, 0.1) is 19.4 Å². The maximum atomic E-state index is 11.7. The molecule has 104 valence electrons. The number of hydrogen-bond acceptors (Lipinski definition) is 5. The van der Waals surface area contributed by atoms with Gasteiger partial charge in [0.15, 0.2) is 0 Å². The van der Waals surface area contributed by atoms with Crippen molar-refractivity contribution in [2.45, 2.75) is 38.4 Å². The number of hydrogen-bond donors (Lipinski definition) is 2. The van der Waals surface area contributed by atoms with Crippen molar-refractivity contribution in [1.82, 2.24) is 10.6 Å². The molecule has 6 nitrogen and oxygen atoms in total. The SMILES string of the molecule is COC(=O)c1occc1CNC(C)C(=O)NC1CC1. The molecule has 19 heavy (non-hydrogen) atoms. The Labute approximate surface area is 111 Å². The fourth-order valence-electron chi connectivity index (χ4n) is 1.66. The number of esters is 1. The van der Waals surface area contributed by atoms with Gasteiger partial charge in [-0.2, -0.15) is 0 Å². The molecule has 1 amide bonds. The number of rotatable bonds is 6. The van der Waals surface area contributed by atoms with E-state index < -0.39 is 5.97 Å². The minimum Gasteiger partial charge on any atom is -0.463 e. The average molecular weight is 266 g/mol. The minimum atomic E-state index is -0.517. The van der Waals surface area contributed by atoms with Crippen LogP contribution in [0.15, 0.2) is 16.7 Å². The van der Waals surface area contributed by atoms with Crippen LogP contribution in [-0.4, -0.2) is 31.1 Å². The Morgan fingerprint density at radius 3 is 2.89 bits per heavy atom. The molecule has 0 saturated heterocycles. The van der Waals surface area contributed by atoms with E-state index in [4.69, 9.17) is 4.42 Å². The molecule has 0 aliphatic heterocycles. The zero-order chi connectivity index (χ0) is 13.8. The largest absolute Gasteiger partial charge is 0.463 e. The third-order valence-electron chi connectivity index (χ3n) is 3.03. The van der Waals surface area contributed by atoms with E-state index in [0.29, 0.717) is 18.2 Å². The second kappa shape index (κ2) is 5.88. The highest BCUT2D eigenvalue weighted by Crippen LogP contribution is 2.18. The van der Waals surface area contributed by atoms with Crippen molar-refractivity contribution in [3.63, 3.8) is 0 Å². The summed E-state index contributed by atoms with van der Waals surface area (Å²) in [5.41, 5.74) is 0.679. The summed E-state index contributed by atoms with van der Waals surface area (Å²) in [5, 5.41) is 5.97. The van der Waals surface area contributed by atoms with E-state index in [9.17, 15) is 9.59 Å². The smallest absolute Gasteiger partial charge is 0.374 e. The zero-order valence-corrected chi connectivity index (χ0v) is 11.1. The van der Waals surface area contributed by atoms with Gasteiger partial charge in [0.1, 0.15) is 0 Å². The van der Waals surface area contributed by atoms with Crippen LogP contribution in [0.3, 0.4) is 0 Å². The van der Waals surface area contributed by atoms with Crippen molar-refractivity contribution < 1.29 is 18.7 Å². The number of carbonyl (C=O) groups excluding carboxylic acids is 2. The Hall–Kier alpha value is -1.82. The molecule has 2 rings (SSSR count). The lowest BCUT2D eigenvalue weighted by Gasteiger charge is -2.13. The van der Waals surface area contributed by atoms with Crippen LogP contribution in [0.4, 0.5) is 0 Å². The first-order valence-electron chi connectivity index (χ1n) is 6.30. The highest BCUT2D eigenvalue weighted by atomic mass is 16.5. The quantitative estimate of drug-likeness (QED) is 0.745. The summed E-state index contributed by atoms with van der Waals surface area (Å²) in [4.78, 5) is 23.1. The van der Waals surface area contributed by atoms with Crippen molar-refractivity contribution in [2.75, 3.05) is 7.11 Å². The van der Waals surface area contributed by atoms with Crippen LogP contribution in [0.1, 0.15) is 35.9 Å². The number of methoxy groups -OCH3 is 1. The van der Waals surface area contributed by atoms with E-state index in [-0.39, 0.29) is 17.7 Å². The maximum absolute atomic E-state index is 11.7. The van der Waals surface area contributed by atoms with Crippen molar-refractivity contribution in [3.05, 3.63) is 23.7 Å². The predicted molar refractivity (Wildman–Crippen MR) is 67.5 cm³/mol. The van der Waals surface area contributed by atoms with E-state index >= 15 is 0 Å². The molecule has 1 aliphatic carbocycles. The molecule has 0 bridgehead atoms. The van der Waals surface area contributed by atoms with Crippen molar-refractivity contribution in [2.24, 2.45) is 0 Å². The Kier molecular flexibility index (Phi) is 4.21. The molecule has 1 aliphatic rings. The zero-order valence-electron chi connectivity index (χ0n) is 11.1. The summed E-state index contributed by atoms with van der Waals surface area (Å²) in [6.45, 7) is 2.16. The van der Waals surface area contributed by atoms with Gasteiger partial charge < -0.3 is 19.8 Å². The normalized spacial score (nSPS) is 15.9. The van der Waals surface area contributed by atoms with Gasteiger partial charge in [-0.25, -0.2) is 4.79 Å². The van der Waals surface area contributed by atoms with Crippen LogP contribution in [0.5, 0.6) is 0 Å². The van der Waals surface area contributed by atoms with E-state index in [1.54, 1.807) is 13.0 Å². The van der Waals surface area contributed by atoms with Crippen LogP contribution >= 0.6 is 0 Å². The van der Waals surface area contributed by atoms with E-state index in [1.807, 2.05) is 0 Å². The Bertz CT molecular complexity index is 465. The van der Waals surface area contributed by atoms with Gasteiger partial charge in [0, 0.05) is 18.2 Å². The molecular weight excluding hydrogens is 248 g/mol. The summed E-state index contributed by atoms with van der Waals surface area (Å²) in [6, 6.07) is 1.71. The molecule has 1 aromatic heterocycles. The maximum Gasteiger partial charge on any atom is 0.374 e. The van der Waals surface area contributed by atoms with Gasteiger partial charge in [-0.05, 0) is 25.8 Å². The standard InChI is InChI=1S/C13H18N2O4/c1-8(12(16)15-10-3-4-10)14-7-9-5-6-19-11(9)13(17)18-2/h5-6,8,10,14H,3-4,7H2,1-2H3,(H,15,16). The van der Waals surface area contributed by atoms with Crippen molar-refractivity contribution >= 4 is 11.9 Å².